The number of hydrogen-bond donors (Lipinski definition) is 1. The summed E-state index contributed by atoms with van der Waals surface area (Å²) in [5.41, 5.74) is 1.49. The molecule has 0 aliphatic rings. The van der Waals surface area contributed by atoms with Gasteiger partial charge in [-0.15, -0.1) is 0 Å². The molecule has 5 heteroatoms. The van der Waals surface area contributed by atoms with Crippen LogP contribution in [0, 0.1) is 11.3 Å². The number of hydrogen-bond acceptors (Lipinski definition) is 4. The fourth-order valence-electron chi connectivity index (χ4n) is 1.99. The topological polar surface area (TPSA) is 82.7 Å². The molecule has 0 aliphatic carbocycles. The number of furan rings is 1. The van der Waals surface area contributed by atoms with E-state index in [0.717, 1.165) is 5.56 Å². The van der Waals surface area contributed by atoms with Crippen LogP contribution in [0.4, 0.5) is 0 Å². The predicted octanol–water partition coefficient (Wildman–Crippen LogP) is 2.57. The highest BCUT2D eigenvalue weighted by Crippen LogP contribution is 2.25. The molecule has 0 atom stereocenters. The van der Waals surface area contributed by atoms with Crippen LogP contribution in [0.25, 0.3) is 22.6 Å². The van der Waals surface area contributed by atoms with Gasteiger partial charge in [0.1, 0.15) is 17.4 Å². The Morgan fingerprint density at radius 3 is 2.70 bits per heavy atom. The summed E-state index contributed by atoms with van der Waals surface area (Å²) in [6.07, 6.45) is 4.76. The minimum atomic E-state index is -0.437. The number of rotatable bonds is 2. The lowest BCUT2D eigenvalue weighted by molar-refractivity contribution is 0.580. The molecule has 3 aromatic heterocycles. The fraction of sp³-hybridized carbons (Fsp3) is 0. The van der Waals surface area contributed by atoms with Gasteiger partial charge in [-0.3, -0.25) is 9.78 Å². The normalized spacial score (nSPS) is 10.2. The van der Waals surface area contributed by atoms with E-state index in [4.69, 9.17) is 4.42 Å². The Hall–Kier alpha value is -3.13. The lowest BCUT2D eigenvalue weighted by Gasteiger charge is -2.05. The van der Waals surface area contributed by atoms with Gasteiger partial charge in [0.25, 0.3) is 5.56 Å². The van der Waals surface area contributed by atoms with Gasteiger partial charge in [0.05, 0.1) is 12.0 Å². The SMILES string of the molecule is N#Cc1c(-c2ccncc2)cc(-c2ccco2)[nH]c1=O. The summed E-state index contributed by atoms with van der Waals surface area (Å²) in [6, 6.07) is 10.7. The number of nitrogens with one attached hydrogen (secondary N) is 1. The van der Waals surface area contributed by atoms with Crippen molar-refractivity contribution < 1.29 is 4.42 Å². The minimum absolute atomic E-state index is 0.0755. The van der Waals surface area contributed by atoms with E-state index in [-0.39, 0.29) is 5.56 Å². The summed E-state index contributed by atoms with van der Waals surface area (Å²) in [6.45, 7) is 0. The summed E-state index contributed by atoms with van der Waals surface area (Å²) in [5.74, 6) is 0.543. The Kier molecular flexibility index (Phi) is 2.90. The maximum Gasteiger partial charge on any atom is 0.267 e. The van der Waals surface area contributed by atoms with E-state index in [1.807, 2.05) is 6.07 Å². The van der Waals surface area contributed by atoms with Gasteiger partial charge in [-0.05, 0) is 35.9 Å². The van der Waals surface area contributed by atoms with Crippen LogP contribution in [-0.2, 0) is 0 Å². The van der Waals surface area contributed by atoms with E-state index in [9.17, 15) is 10.1 Å². The zero-order valence-electron chi connectivity index (χ0n) is 10.3. The number of aromatic amines is 1. The molecule has 0 aliphatic heterocycles. The van der Waals surface area contributed by atoms with Crippen molar-refractivity contribution in [3.8, 4) is 28.7 Å². The Morgan fingerprint density at radius 2 is 2.05 bits per heavy atom. The first kappa shape index (κ1) is 11.9. The Bertz CT molecular complexity index is 828. The third-order valence-corrected chi connectivity index (χ3v) is 2.92. The molecule has 0 fully saturated rings. The molecule has 0 bridgehead atoms. The van der Waals surface area contributed by atoms with Crippen molar-refractivity contribution in [2.24, 2.45) is 0 Å². The highest BCUT2D eigenvalue weighted by molar-refractivity contribution is 5.73. The van der Waals surface area contributed by atoms with Gasteiger partial charge in [0.15, 0.2) is 0 Å². The highest BCUT2D eigenvalue weighted by atomic mass is 16.3. The van der Waals surface area contributed by atoms with Crippen LogP contribution in [0.1, 0.15) is 5.56 Å². The van der Waals surface area contributed by atoms with Crippen LogP contribution in [0.15, 0.2) is 58.2 Å². The summed E-state index contributed by atoms with van der Waals surface area (Å²) in [4.78, 5) is 18.6. The maximum atomic E-state index is 12.0. The summed E-state index contributed by atoms with van der Waals surface area (Å²) in [7, 11) is 0. The van der Waals surface area contributed by atoms with Crippen LogP contribution in [0.5, 0.6) is 0 Å². The second kappa shape index (κ2) is 4.86. The molecule has 3 aromatic rings. The molecule has 0 saturated carbocycles. The van der Waals surface area contributed by atoms with Crippen LogP contribution in [0.3, 0.4) is 0 Å². The number of nitriles is 1. The highest BCUT2D eigenvalue weighted by Gasteiger charge is 2.13. The number of H-pyrrole nitrogens is 1. The molecule has 0 radical (unpaired) electrons. The smallest absolute Gasteiger partial charge is 0.267 e. The first-order valence-electron chi connectivity index (χ1n) is 5.91. The molecule has 5 nitrogen and oxygen atoms in total. The molecule has 0 spiro atoms. The van der Waals surface area contributed by atoms with Gasteiger partial charge in [0, 0.05) is 18.0 Å². The third-order valence-electron chi connectivity index (χ3n) is 2.92. The average molecular weight is 263 g/mol. The lowest BCUT2D eigenvalue weighted by atomic mass is 10.0. The van der Waals surface area contributed by atoms with Gasteiger partial charge < -0.3 is 9.40 Å². The number of aromatic nitrogens is 2. The molecule has 0 unspecified atom stereocenters. The summed E-state index contributed by atoms with van der Waals surface area (Å²) in [5, 5.41) is 9.17. The average Bonchev–Trinajstić information content (AvgIpc) is 3.01. The van der Waals surface area contributed by atoms with Crippen LogP contribution in [-0.4, -0.2) is 9.97 Å². The molecule has 0 amide bonds. The van der Waals surface area contributed by atoms with Crippen molar-refractivity contribution in [1.82, 2.24) is 9.97 Å². The minimum Gasteiger partial charge on any atom is -0.463 e. The van der Waals surface area contributed by atoms with E-state index in [1.54, 1.807) is 42.7 Å². The first-order chi connectivity index (χ1) is 9.79. The molecule has 0 saturated heterocycles. The predicted molar refractivity (Wildman–Crippen MR) is 72.7 cm³/mol. The van der Waals surface area contributed by atoms with Crippen molar-refractivity contribution in [2.75, 3.05) is 0 Å². The monoisotopic (exact) mass is 263 g/mol. The summed E-state index contributed by atoms with van der Waals surface area (Å²) < 4.78 is 5.27. The van der Waals surface area contributed by atoms with E-state index >= 15 is 0 Å². The van der Waals surface area contributed by atoms with E-state index < -0.39 is 5.56 Å². The third kappa shape index (κ3) is 1.99. The van der Waals surface area contributed by atoms with Gasteiger partial charge >= 0.3 is 0 Å². The zero-order chi connectivity index (χ0) is 13.9. The van der Waals surface area contributed by atoms with Gasteiger partial charge in [-0.2, -0.15) is 5.26 Å². The molecular formula is C15H9N3O2. The lowest BCUT2D eigenvalue weighted by Crippen LogP contribution is -2.12. The van der Waals surface area contributed by atoms with E-state index in [0.29, 0.717) is 17.0 Å². The quantitative estimate of drug-likeness (QED) is 0.770. The second-order valence-corrected chi connectivity index (χ2v) is 4.13. The van der Waals surface area contributed by atoms with Gasteiger partial charge in [-0.25, -0.2) is 0 Å². The zero-order valence-corrected chi connectivity index (χ0v) is 10.3. The van der Waals surface area contributed by atoms with Crippen molar-refractivity contribution >= 4 is 0 Å². The number of pyridine rings is 2. The molecule has 20 heavy (non-hydrogen) atoms. The van der Waals surface area contributed by atoms with Crippen molar-refractivity contribution in [1.29, 1.82) is 5.26 Å². The Labute approximate surface area is 114 Å². The van der Waals surface area contributed by atoms with Gasteiger partial charge in [0.2, 0.25) is 0 Å². The molecule has 96 valence electrons. The molecule has 3 heterocycles. The summed E-state index contributed by atoms with van der Waals surface area (Å²) >= 11 is 0. The van der Waals surface area contributed by atoms with Crippen molar-refractivity contribution in [2.45, 2.75) is 0 Å². The second-order valence-electron chi connectivity index (χ2n) is 4.13. The number of nitrogens with zero attached hydrogens (tertiary/aromatic N) is 2. The Morgan fingerprint density at radius 1 is 1.25 bits per heavy atom. The first-order valence-corrected chi connectivity index (χ1v) is 5.91. The molecule has 0 aromatic carbocycles. The van der Waals surface area contributed by atoms with Crippen molar-refractivity contribution in [3.05, 3.63) is 64.9 Å². The van der Waals surface area contributed by atoms with Crippen LogP contribution >= 0.6 is 0 Å². The largest absolute Gasteiger partial charge is 0.463 e. The standard InChI is InChI=1S/C15H9N3O2/c16-9-12-11(10-3-5-17-6-4-10)8-13(18-15(12)19)14-2-1-7-20-14/h1-8H,(H,18,19). The Balaban J connectivity index is 2.28. The van der Waals surface area contributed by atoms with Crippen LogP contribution < -0.4 is 5.56 Å². The van der Waals surface area contributed by atoms with Crippen LogP contribution in [0.2, 0.25) is 0 Å². The molecule has 1 N–H and O–H groups in total. The fourth-order valence-corrected chi connectivity index (χ4v) is 1.99. The van der Waals surface area contributed by atoms with Crippen molar-refractivity contribution in [3.63, 3.8) is 0 Å². The maximum absolute atomic E-state index is 12.0. The molecule has 3 rings (SSSR count). The van der Waals surface area contributed by atoms with Gasteiger partial charge in [-0.1, -0.05) is 0 Å². The van der Waals surface area contributed by atoms with E-state index in [2.05, 4.69) is 9.97 Å². The van der Waals surface area contributed by atoms with E-state index in [1.165, 1.54) is 6.26 Å². The molecular weight excluding hydrogens is 254 g/mol.